The summed E-state index contributed by atoms with van der Waals surface area (Å²) >= 11 is 0.903. The molecule has 0 spiro atoms. The third-order valence-electron chi connectivity index (χ3n) is 3.26. The van der Waals surface area contributed by atoms with Gasteiger partial charge in [0, 0.05) is 11.1 Å². The number of imide groups is 1. The molecule has 1 aromatic heterocycles. The molecule has 0 saturated carbocycles. The molecule has 0 radical (unpaired) electrons. The molecule has 2 N–H and O–H groups in total. The minimum absolute atomic E-state index is 0.344. The van der Waals surface area contributed by atoms with Crippen molar-refractivity contribution in [3.8, 4) is 11.3 Å². The third kappa shape index (κ3) is 2.62. The summed E-state index contributed by atoms with van der Waals surface area (Å²) in [5, 5.41) is 8.93. The van der Waals surface area contributed by atoms with E-state index >= 15 is 0 Å². The van der Waals surface area contributed by atoms with Crippen molar-refractivity contribution < 1.29 is 9.59 Å². The first kappa shape index (κ1) is 13.6. The Bertz CT molecular complexity index is 777. The molecule has 1 aliphatic rings. The minimum Gasteiger partial charge on any atom is -0.282 e. The summed E-state index contributed by atoms with van der Waals surface area (Å²) in [5.41, 5.74) is 4.93. The molecule has 21 heavy (non-hydrogen) atoms. The lowest BCUT2D eigenvalue weighted by atomic mass is 10.0. The highest BCUT2D eigenvalue weighted by molar-refractivity contribution is 8.18. The summed E-state index contributed by atoms with van der Waals surface area (Å²) in [4.78, 5) is 23.2. The minimum atomic E-state index is -0.363. The molecular weight excluding hydrogens is 286 g/mol. The second kappa shape index (κ2) is 5.21. The number of aromatic amines is 1. The van der Waals surface area contributed by atoms with Crippen LogP contribution < -0.4 is 5.32 Å². The molecule has 2 heterocycles. The van der Waals surface area contributed by atoms with Gasteiger partial charge in [-0.15, -0.1) is 0 Å². The van der Waals surface area contributed by atoms with Crippen LogP contribution in [-0.4, -0.2) is 21.3 Å². The number of aryl methyl sites for hydroxylation is 2. The number of rotatable bonds is 2. The molecule has 106 valence electrons. The van der Waals surface area contributed by atoms with Crippen LogP contribution in [0.4, 0.5) is 4.79 Å². The highest BCUT2D eigenvalue weighted by Gasteiger charge is 2.25. The second-order valence-corrected chi connectivity index (χ2v) is 5.89. The number of amides is 2. The van der Waals surface area contributed by atoms with Gasteiger partial charge in [-0.1, -0.05) is 17.7 Å². The molecule has 2 aromatic rings. The Morgan fingerprint density at radius 2 is 2.05 bits per heavy atom. The van der Waals surface area contributed by atoms with Crippen molar-refractivity contribution in [3.05, 3.63) is 46.0 Å². The third-order valence-corrected chi connectivity index (χ3v) is 4.07. The number of hydrogen-bond acceptors (Lipinski definition) is 4. The summed E-state index contributed by atoms with van der Waals surface area (Å²) in [7, 11) is 0. The maximum absolute atomic E-state index is 11.6. The number of nitrogens with one attached hydrogen (secondary N) is 2. The van der Waals surface area contributed by atoms with Gasteiger partial charge in [-0.05, 0) is 43.3 Å². The summed E-state index contributed by atoms with van der Waals surface area (Å²) < 4.78 is 0. The van der Waals surface area contributed by atoms with Crippen molar-refractivity contribution in [3.63, 3.8) is 0 Å². The molecule has 0 aliphatic carbocycles. The van der Waals surface area contributed by atoms with Gasteiger partial charge >= 0.3 is 0 Å². The van der Waals surface area contributed by atoms with Crippen LogP contribution in [0.2, 0.25) is 0 Å². The Morgan fingerprint density at radius 3 is 2.76 bits per heavy atom. The van der Waals surface area contributed by atoms with E-state index in [-0.39, 0.29) is 11.1 Å². The van der Waals surface area contributed by atoms with E-state index in [1.54, 1.807) is 12.3 Å². The van der Waals surface area contributed by atoms with Crippen molar-refractivity contribution >= 4 is 29.0 Å². The number of carbonyl (C=O) groups excluding carboxylic acids is 2. The maximum Gasteiger partial charge on any atom is 0.290 e. The van der Waals surface area contributed by atoms with Crippen LogP contribution in [0.25, 0.3) is 17.3 Å². The number of aromatic nitrogens is 2. The van der Waals surface area contributed by atoms with Gasteiger partial charge < -0.3 is 0 Å². The molecule has 3 rings (SSSR count). The van der Waals surface area contributed by atoms with Crippen LogP contribution >= 0.6 is 11.8 Å². The number of thioether (sulfide) groups is 1. The van der Waals surface area contributed by atoms with E-state index in [0.717, 1.165) is 39.7 Å². The van der Waals surface area contributed by atoms with Gasteiger partial charge in [0.1, 0.15) is 0 Å². The number of nitrogens with zero attached hydrogens (tertiary/aromatic N) is 1. The zero-order valence-corrected chi connectivity index (χ0v) is 12.4. The first-order chi connectivity index (χ1) is 10.0. The summed E-state index contributed by atoms with van der Waals surface area (Å²) in [6.45, 7) is 4.05. The first-order valence-electron chi connectivity index (χ1n) is 6.40. The van der Waals surface area contributed by atoms with Gasteiger partial charge in [0.25, 0.3) is 11.1 Å². The summed E-state index contributed by atoms with van der Waals surface area (Å²) in [5.74, 6) is -0.363. The topological polar surface area (TPSA) is 74.8 Å². The van der Waals surface area contributed by atoms with Crippen LogP contribution in [0.3, 0.4) is 0 Å². The fourth-order valence-corrected chi connectivity index (χ4v) is 2.86. The quantitative estimate of drug-likeness (QED) is 0.836. The molecular formula is C15H13N3O2S. The second-order valence-electron chi connectivity index (χ2n) is 4.87. The Morgan fingerprint density at radius 1 is 1.24 bits per heavy atom. The zero-order chi connectivity index (χ0) is 15.0. The van der Waals surface area contributed by atoms with Crippen LogP contribution in [0.5, 0.6) is 0 Å². The van der Waals surface area contributed by atoms with E-state index < -0.39 is 0 Å². The monoisotopic (exact) mass is 299 g/mol. The van der Waals surface area contributed by atoms with Gasteiger partial charge in [-0.2, -0.15) is 5.10 Å². The molecule has 5 nitrogen and oxygen atoms in total. The number of hydrogen-bond donors (Lipinski definition) is 2. The normalized spacial score (nSPS) is 16.6. The van der Waals surface area contributed by atoms with Gasteiger partial charge in [0.15, 0.2) is 0 Å². The van der Waals surface area contributed by atoms with Crippen molar-refractivity contribution in [2.45, 2.75) is 13.8 Å². The van der Waals surface area contributed by atoms with Crippen LogP contribution in [0.15, 0.2) is 29.3 Å². The highest BCUT2D eigenvalue weighted by Crippen LogP contribution is 2.30. The molecule has 1 aliphatic heterocycles. The zero-order valence-electron chi connectivity index (χ0n) is 11.6. The van der Waals surface area contributed by atoms with Crippen molar-refractivity contribution in [2.75, 3.05) is 0 Å². The Labute approximate surface area is 125 Å². The van der Waals surface area contributed by atoms with Gasteiger partial charge in [0.2, 0.25) is 0 Å². The number of carbonyl (C=O) groups is 2. The van der Waals surface area contributed by atoms with E-state index in [0.29, 0.717) is 4.91 Å². The molecule has 1 fully saturated rings. The van der Waals surface area contributed by atoms with E-state index in [9.17, 15) is 9.59 Å². The lowest BCUT2D eigenvalue weighted by Crippen LogP contribution is -2.17. The van der Waals surface area contributed by atoms with Gasteiger partial charge in [-0.25, -0.2) is 0 Å². The SMILES string of the molecule is Cc1ccc(C)c(-c2[nH]ncc2C=C2SC(=O)NC2=O)c1. The molecule has 1 saturated heterocycles. The van der Waals surface area contributed by atoms with Crippen LogP contribution in [-0.2, 0) is 4.79 Å². The van der Waals surface area contributed by atoms with Gasteiger partial charge in [-0.3, -0.25) is 20.0 Å². The molecule has 2 amide bonds. The van der Waals surface area contributed by atoms with Crippen molar-refractivity contribution in [2.24, 2.45) is 0 Å². The fourth-order valence-electron chi connectivity index (χ4n) is 2.19. The average Bonchev–Trinajstić information content (AvgIpc) is 3.00. The summed E-state index contributed by atoms with van der Waals surface area (Å²) in [6, 6.07) is 6.16. The maximum atomic E-state index is 11.6. The predicted molar refractivity (Wildman–Crippen MR) is 82.6 cm³/mol. The number of H-pyrrole nitrogens is 1. The summed E-state index contributed by atoms with van der Waals surface area (Å²) in [6.07, 6.45) is 3.34. The van der Waals surface area contributed by atoms with Crippen LogP contribution in [0.1, 0.15) is 16.7 Å². The molecule has 6 heteroatoms. The van der Waals surface area contributed by atoms with Crippen molar-refractivity contribution in [1.82, 2.24) is 15.5 Å². The molecule has 0 atom stereocenters. The fraction of sp³-hybridized carbons (Fsp3) is 0.133. The Balaban J connectivity index is 2.06. The van der Waals surface area contributed by atoms with E-state index in [2.05, 4.69) is 21.6 Å². The Hall–Kier alpha value is -2.34. The molecule has 0 unspecified atom stereocenters. The number of benzene rings is 1. The van der Waals surface area contributed by atoms with E-state index in [1.807, 2.05) is 26.0 Å². The van der Waals surface area contributed by atoms with E-state index in [1.165, 1.54) is 0 Å². The largest absolute Gasteiger partial charge is 0.290 e. The van der Waals surface area contributed by atoms with Gasteiger partial charge in [0.05, 0.1) is 16.8 Å². The smallest absolute Gasteiger partial charge is 0.282 e. The lowest BCUT2D eigenvalue weighted by molar-refractivity contribution is -0.115. The highest BCUT2D eigenvalue weighted by atomic mass is 32.2. The van der Waals surface area contributed by atoms with E-state index in [4.69, 9.17) is 0 Å². The standard InChI is InChI=1S/C15H13N3O2S/c1-8-3-4-9(2)11(5-8)13-10(7-16-18-13)6-12-14(19)17-15(20)21-12/h3-7H,1-2H3,(H,16,18)(H,17,19,20). The predicted octanol–water partition coefficient (Wildman–Crippen LogP) is 3.02. The molecule has 1 aromatic carbocycles. The average molecular weight is 299 g/mol. The van der Waals surface area contributed by atoms with Crippen LogP contribution in [0, 0.1) is 13.8 Å². The van der Waals surface area contributed by atoms with Crippen molar-refractivity contribution in [1.29, 1.82) is 0 Å². The lowest BCUT2D eigenvalue weighted by Gasteiger charge is -2.06. The first-order valence-corrected chi connectivity index (χ1v) is 7.22. The molecule has 0 bridgehead atoms. The Kier molecular flexibility index (Phi) is 3.39.